The highest BCUT2D eigenvalue weighted by molar-refractivity contribution is 5.98. The molecule has 0 unspecified atom stereocenters. The maximum absolute atomic E-state index is 7.63. The van der Waals surface area contributed by atoms with Gasteiger partial charge in [0.25, 0.3) is 0 Å². The number of hydrogen-bond acceptors (Lipinski definition) is 5. The number of imidazole rings is 1. The minimum Gasteiger partial charge on any atom is -0.421 e. The van der Waals surface area contributed by atoms with Crippen molar-refractivity contribution >= 4 is 45.6 Å². The largest absolute Gasteiger partial charge is 0.421 e. The van der Waals surface area contributed by atoms with Gasteiger partial charge in [-0.3, -0.25) is 4.40 Å². The predicted octanol–water partition coefficient (Wildman–Crippen LogP) is 7.19. The number of oxazole rings is 1. The molecule has 7 nitrogen and oxygen atoms in total. The number of anilines is 1. The zero-order valence-corrected chi connectivity index (χ0v) is 20.2. The molecule has 7 aromatic rings. The zero-order valence-electron chi connectivity index (χ0n) is 20.2. The van der Waals surface area contributed by atoms with Crippen molar-refractivity contribution in [3.63, 3.8) is 0 Å². The highest BCUT2D eigenvalue weighted by Crippen LogP contribution is 2.33. The monoisotopic (exact) mass is 494 g/mol. The summed E-state index contributed by atoms with van der Waals surface area (Å²) in [5.74, 6) is 0.516. The predicted molar refractivity (Wildman–Crippen MR) is 152 cm³/mol. The number of rotatable bonds is 6. The summed E-state index contributed by atoms with van der Waals surface area (Å²) in [6.07, 6.45) is 4.83. The van der Waals surface area contributed by atoms with Crippen molar-refractivity contribution in [3.8, 4) is 16.9 Å². The first kappa shape index (κ1) is 21.8. The Labute approximate surface area is 217 Å². The van der Waals surface area contributed by atoms with E-state index in [0.717, 1.165) is 50.4 Å². The maximum atomic E-state index is 7.63. The molecule has 0 fully saturated rings. The van der Waals surface area contributed by atoms with E-state index in [-0.39, 0.29) is 0 Å². The molecule has 2 N–H and O–H groups in total. The summed E-state index contributed by atoms with van der Waals surface area (Å²) < 4.78 is 10.3. The smallest absolute Gasteiger partial charge is 0.307 e. The molecule has 0 radical (unpaired) electrons. The second-order valence-corrected chi connectivity index (χ2v) is 8.89. The van der Waals surface area contributed by atoms with Gasteiger partial charge < -0.3 is 15.1 Å². The fraction of sp³-hybridized carbons (Fsp3) is 0. The third-order valence-electron chi connectivity index (χ3n) is 6.60. The van der Waals surface area contributed by atoms with Gasteiger partial charge in [0.15, 0.2) is 5.58 Å². The summed E-state index contributed by atoms with van der Waals surface area (Å²) in [5, 5.41) is 15.7. The van der Waals surface area contributed by atoms with Gasteiger partial charge in [0.05, 0.1) is 39.8 Å². The van der Waals surface area contributed by atoms with Crippen molar-refractivity contribution in [3.05, 3.63) is 121 Å². The van der Waals surface area contributed by atoms with Crippen LogP contribution < -0.4 is 5.32 Å². The van der Waals surface area contributed by atoms with Crippen LogP contribution in [-0.2, 0) is 0 Å². The molecule has 3 heterocycles. The van der Waals surface area contributed by atoms with Crippen LogP contribution in [0, 0.1) is 5.41 Å². The molecule has 0 aliphatic rings. The first-order valence-electron chi connectivity index (χ1n) is 12.3. The lowest BCUT2D eigenvalue weighted by atomic mass is 10.1. The third-order valence-corrected chi connectivity index (χ3v) is 6.60. The van der Waals surface area contributed by atoms with Crippen molar-refractivity contribution in [2.75, 3.05) is 5.32 Å². The number of nitrogens with zero attached hydrogens (tertiary/aromatic N) is 4. The molecule has 38 heavy (non-hydrogen) atoms. The van der Waals surface area contributed by atoms with Crippen LogP contribution in [0.2, 0.25) is 0 Å². The van der Waals surface area contributed by atoms with Crippen LogP contribution in [0.3, 0.4) is 0 Å². The van der Waals surface area contributed by atoms with E-state index in [1.165, 1.54) is 6.21 Å². The zero-order chi connectivity index (χ0) is 25.5. The normalized spacial score (nSPS) is 11.9. The standard InChI is InChI=1S/C31H22N6O/c32-18-16-24(21-8-3-1-4-9-21)34-26-12-7-13-28-30(26)38-31-35-25-15-14-23(20-29(25)36(28)31)37-27(17-19-33-37)22-10-5-2-6-11-22/h1-20,32,34H/b24-16-,32-18?. The fourth-order valence-corrected chi connectivity index (χ4v) is 4.87. The van der Waals surface area contributed by atoms with Gasteiger partial charge in [-0.15, -0.1) is 0 Å². The lowest BCUT2D eigenvalue weighted by Crippen LogP contribution is -2.00. The Morgan fingerprint density at radius 3 is 2.47 bits per heavy atom. The second-order valence-electron chi connectivity index (χ2n) is 8.89. The molecule has 0 aliphatic carbocycles. The Kier molecular flexibility index (Phi) is 5.11. The van der Waals surface area contributed by atoms with E-state index in [9.17, 15) is 0 Å². The Morgan fingerprint density at radius 1 is 0.842 bits per heavy atom. The summed E-state index contributed by atoms with van der Waals surface area (Å²) in [6, 6.07) is 34.3. The molecular formula is C31H22N6O. The lowest BCUT2D eigenvalue weighted by molar-refractivity contribution is 0.644. The van der Waals surface area contributed by atoms with E-state index in [2.05, 4.69) is 28.6 Å². The van der Waals surface area contributed by atoms with Gasteiger partial charge in [-0.25, -0.2) is 4.68 Å². The highest BCUT2D eigenvalue weighted by atomic mass is 16.4. The van der Waals surface area contributed by atoms with Crippen LogP contribution in [0.15, 0.2) is 120 Å². The minimum atomic E-state index is 0.516. The van der Waals surface area contributed by atoms with Crippen molar-refractivity contribution in [2.45, 2.75) is 0 Å². The molecule has 0 saturated heterocycles. The van der Waals surface area contributed by atoms with Gasteiger partial charge in [0.2, 0.25) is 0 Å². The van der Waals surface area contributed by atoms with Crippen LogP contribution in [0.1, 0.15) is 5.56 Å². The quantitative estimate of drug-likeness (QED) is 0.240. The number of aromatic nitrogens is 4. The van der Waals surface area contributed by atoms with Gasteiger partial charge in [-0.1, -0.05) is 66.7 Å². The summed E-state index contributed by atoms with van der Waals surface area (Å²) in [5.41, 5.74) is 9.00. The number of para-hydroxylation sites is 1. The number of hydrogen-bond donors (Lipinski definition) is 2. The van der Waals surface area contributed by atoms with Gasteiger partial charge >= 0.3 is 5.84 Å². The van der Waals surface area contributed by atoms with Gasteiger partial charge in [-0.2, -0.15) is 10.1 Å². The van der Waals surface area contributed by atoms with Crippen LogP contribution in [0.5, 0.6) is 0 Å². The van der Waals surface area contributed by atoms with Crippen molar-refractivity contribution in [1.29, 1.82) is 5.41 Å². The summed E-state index contributed by atoms with van der Waals surface area (Å²) in [4.78, 5) is 4.76. The van der Waals surface area contributed by atoms with E-state index < -0.39 is 0 Å². The molecule has 0 aliphatic heterocycles. The maximum Gasteiger partial charge on any atom is 0.307 e. The van der Waals surface area contributed by atoms with Crippen LogP contribution >= 0.6 is 0 Å². The topological polar surface area (TPSA) is 84.1 Å². The van der Waals surface area contributed by atoms with Crippen LogP contribution in [-0.4, -0.2) is 25.4 Å². The first-order valence-corrected chi connectivity index (χ1v) is 12.3. The first-order chi connectivity index (χ1) is 18.8. The number of benzene rings is 4. The Morgan fingerprint density at radius 2 is 1.66 bits per heavy atom. The lowest BCUT2D eigenvalue weighted by Gasteiger charge is -2.11. The molecule has 0 bridgehead atoms. The molecule has 182 valence electrons. The number of nitrogens with one attached hydrogen (secondary N) is 2. The summed E-state index contributed by atoms with van der Waals surface area (Å²) in [7, 11) is 0. The molecule has 0 atom stereocenters. The molecule has 7 heteroatoms. The van der Waals surface area contributed by atoms with E-state index in [0.29, 0.717) is 11.4 Å². The van der Waals surface area contributed by atoms with Crippen molar-refractivity contribution < 1.29 is 4.42 Å². The highest BCUT2D eigenvalue weighted by Gasteiger charge is 2.17. The van der Waals surface area contributed by atoms with Crippen molar-refractivity contribution in [1.82, 2.24) is 19.2 Å². The summed E-state index contributed by atoms with van der Waals surface area (Å²) in [6.45, 7) is 0. The molecule has 3 aromatic heterocycles. The Balaban J connectivity index is 1.36. The fourth-order valence-electron chi connectivity index (χ4n) is 4.87. The van der Waals surface area contributed by atoms with Gasteiger partial charge in [0.1, 0.15) is 0 Å². The average Bonchev–Trinajstić information content (AvgIpc) is 3.68. The molecule has 4 aromatic carbocycles. The van der Waals surface area contributed by atoms with Crippen LogP contribution in [0.4, 0.5) is 5.69 Å². The van der Waals surface area contributed by atoms with E-state index in [1.807, 2.05) is 100 Å². The Bertz CT molecular complexity index is 1960. The number of fused-ring (bicyclic) bond motifs is 5. The second kappa shape index (κ2) is 8.90. The van der Waals surface area contributed by atoms with Crippen molar-refractivity contribution in [2.24, 2.45) is 0 Å². The SMILES string of the molecule is N=C/C=C(\Nc1cccc2c1oc1nc3ccc(-n4nccc4-c4ccccc4)cc3n12)c1ccccc1. The van der Waals surface area contributed by atoms with E-state index >= 15 is 0 Å². The summed E-state index contributed by atoms with van der Waals surface area (Å²) >= 11 is 0. The molecule has 0 saturated carbocycles. The Hall–Kier alpha value is -5.43. The van der Waals surface area contributed by atoms with E-state index in [4.69, 9.17) is 14.8 Å². The van der Waals surface area contributed by atoms with Gasteiger partial charge in [0, 0.05) is 17.5 Å². The van der Waals surface area contributed by atoms with Gasteiger partial charge in [-0.05, 0) is 48.0 Å². The molecular weight excluding hydrogens is 472 g/mol. The van der Waals surface area contributed by atoms with E-state index in [1.54, 1.807) is 6.08 Å². The van der Waals surface area contributed by atoms with Crippen LogP contribution in [0.25, 0.3) is 50.6 Å². The minimum absolute atomic E-state index is 0.516. The number of allylic oxidation sites excluding steroid dienone is 1. The molecule has 7 rings (SSSR count). The average molecular weight is 495 g/mol. The molecule has 0 spiro atoms. The third kappa shape index (κ3) is 3.57. The molecule has 0 amide bonds.